The normalized spacial score (nSPS) is 21.0. The lowest BCUT2D eigenvalue weighted by molar-refractivity contribution is 0.00578. The highest BCUT2D eigenvalue weighted by atomic mass is 16.7. The SMILES string of the molecule is CC1(C)OB(c2ccc(N=CNO)nc2)OC1(C)C. The van der Waals surface area contributed by atoms with Crippen LogP contribution in [0.3, 0.4) is 0 Å². The van der Waals surface area contributed by atoms with Crippen molar-refractivity contribution in [1.29, 1.82) is 0 Å². The quantitative estimate of drug-likeness (QED) is 0.368. The predicted molar refractivity (Wildman–Crippen MR) is 73.0 cm³/mol. The lowest BCUT2D eigenvalue weighted by Crippen LogP contribution is -2.41. The molecule has 102 valence electrons. The summed E-state index contributed by atoms with van der Waals surface area (Å²) in [6.45, 7) is 8.02. The summed E-state index contributed by atoms with van der Waals surface area (Å²) in [6, 6.07) is 3.58. The van der Waals surface area contributed by atoms with Gasteiger partial charge >= 0.3 is 7.12 Å². The smallest absolute Gasteiger partial charge is 0.399 e. The minimum Gasteiger partial charge on any atom is -0.399 e. The summed E-state index contributed by atoms with van der Waals surface area (Å²) < 4.78 is 11.8. The zero-order valence-corrected chi connectivity index (χ0v) is 11.5. The molecule has 0 spiro atoms. The Morgan fingerprint density at radius 2 is 1.89 bits per heavy atom. The van der Waals surface area contributed by atoms with Gasteiger partial charge in [-0.25, -0.2) is 9.98 Å². The first-order valence-corrected chi connectivity index (χ1v) is 6.09. The molecule has 0 aliphatic carbocycles. The molecule has 1 aromatic rings. The van der Waals surface area contributed by atoms with E-state index in [9.17, 15) is 0 Å². The van der Waals surface area contributed by atoms with Gasteiger partial charge in [-0.05, 0) is 33.8 Å². The fourth-order valence-electron chi connectivity index (χ4n) is 1.69. The monoisotopic (exact) mass is 263 g/mol. The topological polar surface area (TPSA) is 76.0 Å². The summed E-state index contributed by atoms with van der Waals surface area (Å²) in [7, 11) is -0.425. The summed E-state index contributed by atoms with van der Waals surface area (Å²) in [4.78, 5) is 8.02. The highest BCUT2D eigenvalue weighted by Crippen LogP contribution is 2.36. The van der Waals surface area contributed by atoms with E-state index in [0.717, 1.165) is 11.8 Å². The molecule has 0 bridgehead atoms. The van der Waals surface area contributed by atoms with Crippen molar-refractivity contribution in [2.75, 3.05) is 0 Å². The number of hydrogen-bond acceptors (Lipinski definition) is 5. The van der Waals surface area contributed by atoms with Crippen LogP contribution in [0.2, 0.25) is 0 Å². The number of nitrogens with zero attached hydrogens (tertiary/aromatic N) is 2. The molecule has 7 heteroatoms. The molecule has 1 saturated heterocycles. The highest BCUT2D eigenvalue weighted by Gasteiger charge is 2.51. The third kappa shape index (κ3) is 2.78. The van der Waals surface area contributed by atoms with Gasteiger partial charge in [-0.3, -0.25) is 10.7 Å². The van der Waals surface area contributed by atoms with Gasteiger partial charge in [0.15, 0.2) is 5.82 Å². The van der Waals surface area contributed by atoms with Crippen LogP contribution in [-0.2, 0) is 9.31 Å². The molecule has 2 heterocycles. The molecule has 0 radical (unpaired) electrons. The minimum absolute atomic E-state index is 0.366. The van der Waals surface area contributed by atoms with Gasteiger partial charge in [0.1, 0.15) is 6.34 Å². The Labute approximate surface area is 113 Å². The maximum absolute atomic E-state index is 8.40. The van der Waals surface area contributed by atoms with E-state index < -0.39 is 7.12 Å². The molecular weight excluding hydrogens is 245 g/mol. The largest absolute Gasteiger partial charge is 0.496 e. The van der Waals surface area contributed by atoms with Gasteiger partial charge < -0.3 is 9.31 Å². The van der Waals surface area contributed by atoms with Gasteiger partial charge in [-0.1, -0.05) is 6.07 Å². The van der Waals surface area contributed by atoms with E-state index in [0.29, 0.717) is 5.82 Å². The third-order valence-electron chi connectivity index (χ3n) is 3.55. The van der Waals surface area contributed by atoms with Crippen LogP contribution >= 0.6 is 0 Å². The standard InChI is InChI=1S/C12H18BN3O3/c1-11(2)12(3,4)19-13(18-11)9-5-6-10(14-7-9)15-8-16-17/h5-8,17H,1-4H3,(H,14,15,16). The van der Waals surface area contributed by atoms with Gasteiger partial charge in [0.2, 0.25) is 0 Å². The average Bonchev–Trinajstić information content (AvgIpc) is 2.56. The zero-order chi connectivity index (χ0) is 14.1. The molecule has 19 heavy (non-hydrogen) atoms. The fourth-order valence-corrected chi connectivity index (χ4v) is 1.69. The molecule has 1 aliphatic heterocycles. The van der Waals surface area contributed by atoms with Crippen LogP contribution in [0.25, 0.3) is 0 Å². The lowest BCUT2D eigenvalue weighted by Gasteiger charge is -2.32. The van der Waals surface area contributed by atoms with E-state index in [1.807, 2.05) is 39.2 Å². The van der Waals surface area contributed by atoms with Crippen molar-refractivity contribution < 1.29 is 14.5 Å². The molecule has 0 amide bonds. The first-order chi connectivity index (χ1) is 8.86. The first-order valence-electron chi connectivity index (χ1n) is 6.09. The predicted octanol–water partition coefficient (Wildman–Crippen LogP) is 1.02. The van der Waals surface area contributed by atoms with Crippen molar-refractivity contribution in [2.24, 2.45) is 4.99 Å². The van der Waals surface area contributed by atoms with Crippen LogP contribution in [0.1, 0.15) is 27.7 Å². The van der Waals surface area contributed by atoms with Crippen LogP contribution in [0.5, 0.6) is 0 Å². The van der Waals surface area contributed by atoms with E-state index in [-0.39, 0.29) is 11.2 Å². The van der Waals surface area contributed by atoms with Crippen molar-refractivity contribution in [3.8, 4) is 0 Å². The molecule has 2 rings (SSSR count). The molecule has 1 aliphatic rings. The second-order valence-electron chi connectivity index (χ2n) is 5.43. The van der Waals surface area contributed by atoms with Crippen LogP contribution in [-0.4, -0.2) is 34.9 Å². The molecule has 6 nitrogen and oxygen atoms in total. The van der Waals surface area contributed by atoms with Crippen molar-refractivity contribution in [3.63, 3.8) is 0 Å². The maximum atomic E-state index is 8.40. The Hall–Kier alpha value is -1.44. The van der Waals surface area contributed by atoms with Gasteiger partial charge in [-0.2, -0.15) is 0 Å². The number of nitrogens with one attached hydrogen (secondary N) is 1. The summed E-state index contributed by atoms with van der Waals surface area (Å²) >= 11 is 0. The van der Waals surface area contributed by atoms with Crippen LogP contribution < -0.4 is 10.9 Å². The van der Waals surface area contributed by atoms with E-state index in [1.165, 1.54) is 0 Å². The molecule has 0 unspecified atom stereocenters. The third-order valence-corrected chi connectivity index (χ3v) is 3.55. The highest BCUT2D eigenvalue weighted by molar-refractivity contribution is 6.62. The van der Waals surface area contributed by atoms with Gasteiger partial charge in [-0.15, -0.1) is 0 Å². The van der Waals surface area contributed by atoms with Gasteiger partial charge in [0.05, 0.1) is 11.2 Å². The molecule has 0 aromatic carbocycles. The Morgan fingerprint density at radius 3 is 2.37 bits per heavy atom. The average molecular weight is 263 g/mol. The Balaban J connectivity index is 2.14. The van der Waals surface area contributed by atoms with E-state index in [4.69, 9.17) is 14.5 Å². The fraction of sp³-hybridized carbons (Fsp3) is 0.500. The first kappa shape index (κ1) is 14.0. The van der Waals surface area contributed by atoms with Gasteiger partial charge in [0, 0.05) is 11.7 Å². The Bertz CT molecular complexity index is 458. The number of aliphatic imine (C=N–C) groups is 1. The Kier molecular flexibility index (Phi) is 3.62. The summed E-state index contributed by atoms with van der Waals surface area (Å²) in [5.41, 5.74) is 1.94. The Morgan fingerprint density at radius 1 is 1.26 bits per heavy atom. The maximum Gasteiger partial charge on any atom is 0.496 e. The molecule has 1 fully saturated rings. The van der Waals surface area contributed by atoms with Gasteiger partial charge in [0.25, 0.3) is 0 Å². The summed E-state index contributed by atoms with van der Waals surface area (Å²) in [6.07, 6.45) is 2.81. The number of rotatable bonds is 3. The van der Waals surface area contributed by atoms with Crippen LogP contribution in [0, 0.1) is 0 Å². The lowest BCUT2D eigenvalue weighted by atomic mass is 9.80. The molecular formula is C12H18BN3O3. The molecule has 1 aromatic heterocycles. The molecule has 0 saturated carbocycles. The second-order valence-corrected chi connectivity index (χ2v) is 5.43. The number of pyridine rings is 1. The van der Waals surface area contributed by atoms with E-state index in [2.05, 4.69) is 9.98 Å². The van der Waals surface area contributed by atoms with Crippen molar-refractivity contribution in [1.82, 2.24) is 10.5 Å². The van der Waals surface area contributed by atoms with Crippen LogP contribution in [0.15, 0.2) is 23.3 Å². The number of hydroxylamine groups is 1. The number of aromatic nitrogens is 1. The van der Waals surface area contributed by atoms with Crippen molar-refractivity contribution in [3.05, 3.63) is 18.3 Å². The minimum atomic E-state index is -0.425. The second kappa shape index (κ2) is 4.92. The zero-order valence-electron chi connectivity index (χ0n) is 11.5. The summed E-state index contributed by atoms with van der Waals surface area (Å²) in [5.74, 6) is 0.488. The molecule has 2 N–H and O–H groups in total. The van der Waals surface area contributed by atoms with Crippen molar-refractivity contribution >= 4 is 24.7 Å². The summed E-state index contributed by atoms with van der Waals surface area (Å²) in [5, 5.41) is 8.40. The van der Waals surface area contributed by atoms with E-state index >= 15 is 0 Å². The van der Waals surface area contributed by atoms with Crippen LogP contribution in [0.4, 0.5) is 5.82 Å². The molecule has 0 atom stereocenters. The number of hydrogen-bond donors (Lipinski definition) is 2. The van der Waals surface area contributed by atoms with Crippen molar-refractivity contribution in [2.45, 2.75) is 38.9 Å². The van der Waals surface area contributed by atoms with E-state index in [1.54, 1.807) is 12.3 Å².